The van der Waals surface area contributed by atoms with Crippen LogP contribution in [0.2, 0.25) is 0 Å². The van der Waals surface area contributed by atoms with E-state index in [4.69, 9.17) is 0 Å². The monoisotopic (exact) mass is 336 g/mol. The largest absolute Gasteiger partial charge is 0.416 e. The van der Waals surface area contributed by atoms with Crippen molar-refractivity contribution in [1.82, 2.24) is 0 Å². The Morgan fingerprint density at radius 1 is 0.875 bits per heavy atom. The van der Waals surface area contributed by atoms with Gasteiger partial charge in [-0.15, -0.1) is 0 Å². The Morgan fingerprint density at radius 3 is 2.04 bits per heavy atom. The lowest BCUT2D eigenvalue weighted by atomic mass is 9.79. The van der Waals surface area contributed by atoms with Crippen molar-refractivity contribution < 1.29 is 17.6 Å². The standard InChI is InChI=1S/C20H20F4/c1-13-2-4-14(5-3-13)16-8-11-18(19(21)12-16)15-6-9-17(10-7-15)20(22,23)24/h6-14H,2-5H2,1H3/t13-,14-. The Balaban J connectivity index is 1.82. The molecule has 4 heteroatoms. The van der Waals surface area contributed by atoms with Gasteiger partial charge >= 0.3 is 6.18 Å². The van der Waals surface area contributed by atoms with E-state index in [1.807, 2.05) is 6.07 Å². The second-order valence-electron chi connectivity index (χ2n) is 6.77. The van der Waals surface area contributed by atoms with Gasteiger partial charge in [0.15, 0.2) is 0 Å². The highest BCUT2D eigenvalue weighted by Gasteiger charge is 2.30. The molecule has 1 aliphatic rings. The van der Waals surface area contributed by atoms with Crippen molar-refractivity contribution >= 4 is 0 Å². The lowest BCUT2D eigenvalue weighted by molar-refractivity contribution is -0.137. The third kappa shape index (κ3) is 3.63. The van der Waals surface area contributed by atoms with E-state index in [9.17, 15) is 17.6 Å². The van der Waals surface area contributed by atoms with E-state index in [0.717, 1.165) is 49.3 Å². The van der Waals surface area contributed by atoms with Crippen molar-refractivity contribution in [3.8, 4) is 11.1 Å². The van der Waals surface area contributed by atoms with E-state index in [2.05, 4.69) is 6.92 Å². The first-order chi connectivity index (χ1) is 11.3. The topological polar surface area (TPSA) is 0 Å². The van der Waals surface area contributed by atoms with Gasteiger partial charge in [0.1, 0.15) is 5.82 Å². The summed E-state index contributed by atoms with van der Waals surface area (Å²) in [5, 5.41) is 0. The van der Waals surface area contributed by atoms with Crippen LogP contribution in [0.3, 0.4) is 0 Å². The minimum absolute atomic E-state index is 0.344. The Labute approximate surface area is 139 Å². The molecule has 0 nitrogen and oxygen atoms in total. The molecule has 0 atom stereocenters. The molecule has 1 saturated carbocycles. The van der Waals surface area contributed by atoms with Crippen molar-refractivity contribution in [2.45, 2.75) is 44.7 Å². The van der Waals surface area contributed by atoms with Gasteiger partial charge in [0.2, 0.25) is 0 Å². The predicted molar refractivity (Wildman–Crippen MR) is 87.2 cm³/mol. The molecule has 0 heterocycles. The number of rotatable bonds is 2. The molecule has 0 spiro atoms. The zero-order chi connectivity index (χ0) is 17.3. The number of hydrogen-bond acceptors (Lipinski definition) is 0. The summed E-state index contributed by atoms with van der Waals surface area (Å²) >= 11 is 0. The maximum absolute atomic E-state index is 14.5. The van der Waals surface area contributed by atoms with Crippen molar-refractivity contribution in [3.05, 3.63) is 59.4 Å². The van der Waals surface area contributed by atoms with Gasteiger partial charge in [0.25, 0.3) is 0 Å². The molecule has 128 valence electrons. The van der Waals surface area contributed by atoms with Gasteiger partial charge in [-0.1, -0.05) is 44.0 Å². The molecule has 1 fully saturated rings. The van der Waals surface area contributed by atoms with Crippen molar-refractivity contribution in [1.29, 1.82) is 0 Å². The van der Waals surface area contributed by atoms with Crippen LogP contribution in [0.15, 0.2) is 42.5 Å². The molecule has 0 aromatic heterocycles. The average molecular weight is 336 g/mol. The highest BCUT2D eigenvalue weighted by atomic mass is 19.4. The summed E-state index contributed by atoms with van der Waals surface area (Å²) in [5.41, 5.74) is 1.08. The summed E-state index contributed by atoms with van der Waals surface area (Å²) in [5.74, 6) is 0.751. The molecule has 3 rings (SSSR count). The second kappa shape index (κ2) is 6.58. The van der Waals surface area contributed by atoms with E-state index >= 15 is 0 Å². The summed E-state index contributed by atoms with van der Waals surface area (Å²) in [6, 6.07) is 9.78. The molecule has 0 amide bonds. The Bertz CT molecular complexity index is 693. The molecule has 0 bridgehead atoms. The van der Waals surface area contributed by atoms with Gasteiger partial charge in [0, 0.05) is 5.56 Å². The Hall–Kier alpha value is -1.84. The highest BCUT2D eigenvalue weighted by Crippen LogP contribution is 2.37. The fourth-order valence-corrected chi connectivity index (χ4v) is 3.45. The van der Waals surface area contributed by atoms with Gasteiger partial charge in [0.05, 0.1) is 5.56 Å². The number of halogens is 4. The summed E-state index contributed by atoms with van der Waals surface area (Å²) < 4.78 is 52.3. The quantitative estimate of drug-likeness (QED) is 0.529. The van der Waals surface area contributed by atoms with Crippen molar-refractivity contribution in [2.24, 2.45) is 5.92 Å². The van der Waals surface area contributed by atoms with Gasteiger partial charge < -0.3 is 0 Å². The number of benzene rings is 2. The normalized spacial score (nSPS) is 21.7. The molecule has 2 aromatic rings. The maximum atomic E-state index is 14.5. The van der Waals surface area contributed by atoms with Gasteiger partial charge in [-0.2, -0.15) is 13.2 Å². The molecule has 0 saturated heterocycles. The molecule has 0 unspecified atom stereocenters. The first-order valence-electron chi connectivity index (χ1n) is 8.31. The van der Waals surface area contributed by atoms with Crippen LogP contribution < -0.4 is 0 Å². The van der Waals surface area contributed by atoms with Crippen LogP contribution in [0.1, 0.15) is 49.7 Å². The molecule has 0 radical (unpaired) electrons. The zero-order valence-corrected chi connectivity index (χ0v) is 13.5. The minimum Gasteiger partial charge on any atom is -0.206 e. The lowest BCUT2D eigenvalue weighted by Gasteiger charge is -2.26. The predicted octanol–water partition coefficient (Wildman–Crippen LogP) is 6.81. The van der Waals surface area contributed by atoms with Crippen LogP contribution in [0, 0.1) is 11.7 Å². The smallest absolute Gasteiger partial charge is 0.206 e. The first kappa shape index (κ1) is 17.0. The van der Waals surface area contributed by atoms with Crippen LogP contribution in [0.5, 0.6) is 0 Å². The summed E-state index contributed by atoms with van der Waals surface area (Å²) in [6.45, 7) is 2.24. The van der Waals surface area contributed by atoms with Crippen molar-refractivity contribution in [3.63, 3.8) is 0 Å². The van der Waals surface area contributed by atoms with Crippen LogP contribution in [-0.4, -0.2) is 0 Å². The van der Waals surface area contributed by atoms with Gasteiger partial charge in [-0.25, -0.2) is 4.39 Å². The van der Waals surface area contributed by atoms with E-state index < -0.39 is 11.7 Å². The van der Waals surface area contributed by atoms with Crippen LogP contribution in [0.4, 0.5) is 17.6 Å². The fourth-order valence-electron chi connectivity index (χ4n) is 3.45. The first-order valence-corrected chi connectivity index (χ1v) is 8.31. The van der Waals surface area contributed by atoms with E-state index in [1.165, 1.54) is 12.1 Å². The van der Waals surface area contributed by atoms with Crippen molar-refractivity contribution in [2.75, 3.05) is 0 Å². The molecule has 24 heavy (non-hydrogen) atoms. The minimum atomic E-state index is -4.38. The molecule has 1 aliphatic carbocycles. The fraction of sp³-hybridized carbons (Fsp3) is 0.400. The molecule has 0 N–H and O–H groups in total. The Morgan fingerprint density at radius 2 is 1.50 bits per heavy atom. The SMILES string of the molecule is C[C@H]1CC[C@H](c2ccc(-c3ccc(C(F)(F)F)cc3)c(F)c2)CC1. The Kier molecular flexibility index (Phi) is 4.66. The molecule has 0 aliphatic heterocycles. The van der Waals surface area contributed by atoms with Crippen LogP contribution >= 0.6 is 0 Å². The summed E-state index contributed by atoms with van der Waals surface area (Å²) in [6.07, 6.45) is 0.0827. The number of hydrogen-bond donors (Lipinski definition) is 0. The summed E-state index contributed by atoms with van der Waals surface area (Å²) in [4.78, 5) is 0. The van der Waals surface area contributed by atoms with E-state index in [0.29, 0.717) is 17.0 Å². The van der Waals surface area contributed by atoms with E-state index in [-0.39, 0.29) is 5.82 Å². The third-order valence-electron chi connectivity index (χ3n) is 5.00. The number of alkyl halides is 3. The molecular weight excluding hydrogens is 316 g/mol. The van der Waals surface area contributed by atoms with E-state index in [1.54, 1.807) is 12.1 Å². The highest BCUT2D eigenvalue weighted by molar-refractivity contribution is 5.65. The summed E-state index contributed by atoms with van der Waals surface area (Å²) in [7, 11) is 0. The van der Waals surface area contributed by atoms with Crippen LogP contribution in [-0.2, 0) is 6.18 Å². The second-order valence-corrected chi connectivity index (χ2v) is 6.77. The van der Waals surface area contributed by atoms with Gasteiger partial charge in [-0.05, 0) is 54.0 Å². The molecule has 2 aromatic carbocycles. The maximum Gasteiger partial charge on any atom is 0.416 e. The van der Waals surface area contributed by atoms with Gasteiger partial charge in [-0.3, -0.25) is 0 Å². The zero-order valence-electron chi connectivity index (χ0n) is 13.5. The molecular formula is C20H20F4. The third-order valence-corrected chi connectivity index (χ3v) is 5.00. The lowest BCUT2D eigenvalue weighted by Crippen LogP contribution is -2.11. The van der Waals surface area contributed by atoms with Crippen LogP contribution in [0.25, 0.3) is 11.1 Å². The average Bonchev–Trinajstić information content (AvgIpc) is 2.55.